The number of β-amino-alcohol motifs (C(OH)–C–C–N with tert-alkyl or cyclic N) is 1. The number of carbonyl (C=O) groups is 1. The molecule has 0 spiro atoms. The Bertz CT molecular complexity index is 575. The molecule has 0 amide bonds. The average molecular weight is 300 g/mol. The molecule has 1 aliphatic rings. The topological polar surface area (TPSA) is 108 Å². The summed E-state index contributed by atoms with van der Waals surface area (Å²) in [6, 6.07) is 2.25. The van der Waals surface area contributed by atoms with Crippen molar-refractivity contribution in [2.75, 3.05) is 12.3 Å². The quantitative estimate of drug-likeness (QED) is 0.757. The van der Waals surface area contributed by atoms with E-state index in [0.29, 0.717) is 0 Å². The van der Waals surface area contributed by atoms with Crippen LogP contribution in [-0.4, -0.2) is 58.3 Å². The Balaban J connectivity index is 2.08. The number of hydrogen-bond donors (Lipinski definition) is 2. The minimum absolute atomic E-state index is 0.0657. The smallest absolute Gasteiger partial charge is 0.322 e. The first kappa shape index (κ1) is 14.9. The first-order chi connectivity index (χ1) is 9.40. The van der Waals surface area contributed by atoms with Gasteiger partial charge in [-0.2, -0.15) is 4.31 Å². The Morgan fingerprint density at radius 2 is 2.05 bits per heavy atom. The van der Waals surface area contributed by atoms with Crippen molar-refractivity contribution >= 4 is 16.0 Å². The van der Waals surface area contributed by atoms with Gasteiger partial charge in [-0.1, -0.05) is 0 Å². The van der Waals surface area contributed by atoms with E-state index in [1.54, 1.807) is 24.5 Å². The molecule has 2 rings (SSSR count). The molecule has 2 atom stereocenters. The third kappa shape index (κ3) is 3.33. The summed E-state index contributed by atoms with van der Waals surface area (Å²) < 4.78 is 25.3. The second kappa shape index (κ2) is 5.86. The molecule has 0 aromatic carbocycles. The number of carboxylic acids is 1. The molecule has 8 heteroatoms. The zero-order valence-electron chi connectivity index (χ0n) is 10.7. The lowest BCUT2D eigenvalue weighted by Crippen LogP contribution is -2.42. The predicted molar refractivity (Wildman–Crippen MR) is 70.5 cm³/mol. The number of carboxylic acid groups (broad SMARTS) is 1. The van der Waals surface area contributed by atoms with E-state index in [0.717, 1.165) is 9.87 Å². The van der Waals surface area contributed by atoms with Gasteiger partial charge in [0.2, 0.25) is 10.0 Å². The van der Waals surface area contributed by atoms with E-state index in [9.17, 15) is 18.3 Å². The fraction of sp³-hybridized carbons (Fsp3) is 0.500. The summed E-state index contributed by atoms with van der Waals surface area (Å²) >= 11 is 0. The molecule has 2 N–H and O–H groups in total. The van der Waals surface area contributed by atoms with Gasteiger partial charge in [0.1, 0.15) is 6.04 Å². The van der Waals surface area contributed by atoms with Crippen LogP contribution in [0.1, 0.15) is 12.0 Å². The van der Waals surface area contributed by atoms with Crippen LogP contribution in [0.2, 0.25) is 0 Å². The van der Waals surface area contributed by atoms with Gasteiger partial charge in [-0.3, -0.25) is 9.78 Å². The fourth-order valence-corrected chi connectivity index (χ4v) is 3.92. The van der Waals surface area contributed by atoms with Gasteiger partial charge in [-0.05, 0) is 24.1 Å². The highest BCUT2D eigenvalue weighted by atomic mass is 32.2. The standard InChI is InChI=1S/C12H16N2O5S/c15-10-7-11(12(16)17)14(8-10)20(18,19)6-3-9-1-4-13-5-2-9/h1-2,4-5,10-11,15H,3,6-8H2,(H,16,17). The molecular weight excluding hydrogens is 284 g/mol. The highest BCUT2D eigenvalue weighted by Gasteiger charge is 2.42. The monoisotopic (exact) mass is 300 g/mol. The third-order valence-corrected chi connectivity index (χ3v) is 5.11. The number of aryl methyl sites for hydroxylation is 1. The van der Waals surface area contributed by atoms with Gasteiger partial charge in [-0.25, -0.2) is 8.42 Å². The van der Waals surface area contributed by atoms with E-state index < -0.39 is 28.1 Å². The van der Waals surface area contributed by atoms with E-state index in [4.69, 9.17) is 5.11 Å². The predicted octanol–water partition coefficient (Wildman–Crippen LogP) is -0.526. The molecule has 1 aromatic rings. The van der Waals surface area contributed by atoms with Gasteiger partial charge in [0.25, 0.3) is 0 Å². The van der Waals surface area contributed by atoms with E-state index >= 15 is 0 Å². The summed E-state index contributed by atoms with van der Waals surface area (Å²) in [7, 11) is -3.71. The SMILES string of the molecule is O=C(O)C1CC(O)CN1S(=O)(=O)CCc1ccncc1. The summed E-state index contributed by atoms with van der Waals surface area (Å²) in [6.45, 7) is -0.157. The van der Waals surface area contributed by atoms with Crippen LogP contribution in [0, 0.1) is 0 Å². The second-order valence-electron chi connectivity index (χ2n) is 4.73. The highest BCUT2D eigenvalue weighted by Crippen LogP contribution is 2.22. The number of aliphatic carboxylic acids is 1. The lowest BCUT2D eigenvalue weighted by Gasteiger charge is -2.20. The maximum absolute atomic E-state index is 12.2. The molecule has 2 heterocycles. The van der Waals surface area contributed by atoms with Gasteiger partial charge in [0.15, 0.2) is 0 Å². The third-order valence-electron chi connectivity index (χ3n) is 3.27. The van der Waals surface area contributed by atoms with E-state index in [1.165, 1.54) is 0 Å². The average Bonchev–Trinajstić information content (AvgIpc) is 2.81. The number of pyridine rings is 1. The Morgan fingerprint density at radius 3 is 2.65 bits per heavy atom. The lowest BCUT2D eigenvalue weighted by atomic mass is 10.2. The zero-order valence-corrected chi connectivity index (χ0v) is 11.5. The van der Waals surface area contributed by atoms with E-state index in [-0.39, 0.29) is 25.1 Å². The molecule has 1 aromatic heterocycles. The Hall–Kier alpha value is -1.51. The molecule has 20 heavy (non-hydrogen) atoms. The number of aliphatic hydroxyl groups is 1. The van der Waals surface area contributed by atoms with Crippen molar-refractivity contribution in [1.29, 1.82) is 0 Å². The Morgan fingerprint density at radius 1 is 1.40 bits per heavy atom. The van der Waals surface area contributed by atoms with Crippen molar-refractivity contribution in [3.05, 3.63) is 30.1 Å². The van der Waals surface area contributed by atoms with Gasteiger partial charge in [-0.15, -0.1) is 0 Å². The molecule has 0 saturated carbocycles. The summed E-state index contributed by atoms with van der Waals surface area (Å²) in [6.07, 6.45) is 2.43. The number of nitrogens with zero attached hydrogens (tertiary/aromatic N) is 2. The first-order valence-corrected chi connectivity index (χ1v) is 7.80. The van der Waals surface area contributed by atoms with Crippen LogP contribution in [0.25, 0.3) is 0 Å². The van der Waals surface area contributed by atoms with E-state index in [1.807, 2.05) is 0 Å². The molecule has 2 unspecified atom stereocenters. The van der Waals surface area contributed by atoms with Gasteiger partial charge in [0.05, 0.1) is 11.9 Å². The number of hydrogen-bond acceptors (Lipinski definition) is 5. The Labute approximate surface area is 116 Å². The molecule has 1 aliphatic heterocycles. The van der Waals surface area contributed by atoms with Crippen molar-refractivity contribution in [2.45, 2.75) is 25.0 Å². The van der Waals surface area contributed by atoms with Crippen LogP contribution in [0.15, 0.2) is 24.5 Å². The van der Waals surface area contributed by atoms with Crippen molar-refractivity contribution in [2.24, 2.45) is 0 Å². The summed E-state index contributed by atoms with van der Waals surface area (Å²) in [4.78, 5) is 14.9. The number of aliphatic hydroxyl groups excluding tert-OH is 1. The van der Waals surface area contributed by atoms with Crippen LogP contribution < -0.4 is 0 Å². The van der Waals surface area contributed by atoms with Crippen LogP contribution in [0.4, 0.5) is 0 Å². The minimum Gasteiger partial charge on any atom is -0.480 e. The number of rotatable bonds is 5. The lowest BCUT2D eigenvalue weighted by molar-refractivity contribution is -0.140. The van der Waals surface area contributed by atoms with Gasteiger partial charge < -0.3 is 10.2 Å². The van der Waals surface area contributed by atoms with Crippen LogP contribution in [0.3, 0.4) is 0 Å². The van der Waals surface area contributed by atoms with Gasteiger partial charge >= 0.3 is 5.97 Å². The summed E-state index contributed by atoms with van der Waals surface area (Å²) in [5.74, 6) is -1.41. The molecule has 0 radical (unpaired) electrons. The first-order valence-electron chi connectivity index (χ1n) is 6.19. The highest BCUT2D eigenvalue weighted by molar-refractivity contribution is 7.89. The maximum Gasteiger partial charge on any atom is 0.322 e. The molecule has 7 nitrogen and oxygen atoms in total. The van der Waals surface area contributed by atoms with Gasteiger partial charge in [0, 0.05) is 25.4 Å². The molecule has 0 bridgehead atoms. The molecular formula is C12H16N2O5S. The maximum atomic E-state index is 12.2. The van der Waals surface area contributed by atoms with Crippen LogP contribution in [0.5, 0.6) is 0 Å². The van der Waals surface area contributed by atoms with Crippen molar-refractivity contribution < 1.29 is 23.4 Å². The van der Waals surface area contributed by atoms with Crippen LogP contribution in [-0.2, 0) is 21.2 Å². The number of sulfonamides is 1. The minimum atomic E-state index is -3.71. The summed E-state index contributed by atoms with van der Waals surface area (Å²) in [5, 5.41) is 18.5. The molecule has 1 saturated heterocycles. The largest absolute Gasteiger partial charge is 0.480 e. The van der Waals surface area contributed by atoms with E-state index in [2.05, 4.69) is 4.98 Å². The molecule has 110 valence electrons. The summed E-state index contributed by atoms with van der Waals surface area (Å²) in [5.41, 5.74) is 0.815. The van der Waals surface area contributed by atoms with Crippen LogP contribution >= 0.6 is 0 Å². The second-order valence-corrected chi connectivity index (χ2v) is 6.78. The number of aromatic nitrogens is 1. The van der Waals surface area contributed by atoms with Crippen molar-refractivity contribution in [3.63, 3.8) is 0 Å². The molecule has 0 aliphatic carbocycles. The Kier molecular flexibility index (Phi) is 4.36. The van der Waals surface area contributed by atoms with Crippen molar-refractivity contribution in [1.82, 2.24) is 9.29 Å². The fourth-order valence-electron chi connectivity index (χ4n) is 2.23. The zero-order chi connectivity index (χ0) is 14.8. The molecule has 1 fully saturated rings. The normalized spacial score (nSPS) is 23.9. The van der Waals surface area contributed by atoms with Crippen molar-refractivity contribution in [3.8, 4) is 0 Å².